The van der Waals surface area contributed by atoms with Gasteiger partial charge in [0.25, 0.3) is 0 Å². The second kappa shape index (κ2) is 7.30. The molecule has 0 aliphatic carbocycles. The lowest BCUT2D eigenvalue weighted by Crippen LogP contribution is -2.40. The number of hydrogen-bond acceptors (Lipinski definition) is 4. The van der Waals surface area contributed by atoms with Crippen LogP contribution in [-0.4, -0.2) is 63.3 Å². The van der Waals surface area contributed by atoms with Crippen molar-refractivity contribution < 1.29 is 4.74 Å². The molecular formula is C12H23N3O. The Balaban J connectivity index is 2.25. The van der Waals surface area contributed by atoms with Crippen molar-refractivity contribution in [1.29, 1.82) is 0 Å². The molecule has 1 aliphatic rings. The summed E-state index contributed by atoms with van der Waals surface area (Å²) in [5, 5.41) is 3.09. The largest absolute Gasteiger partial charge is 0.387 e. The van der Waals surface area contributed by atoms with Gasteiger partial charge in [-0.2, -0.15) is 0 Å². The van der Waals surface area contributed by atoms with Gasteiger partial charge in [-0.15, -0.1) is 0 Å². The number of nitrogens with one attached hydrogen (secondary N) is 1. The molecule has 92 valence electrons. The molecule has 4 heteroatoms. The third-order valence-corrected chi connectivity index (χ3v) is 2.74. The van der Waals surface area contributed by atoms with Crippen LogP contribution in [0.3, 0.4) is 0 Å². The van der Waals surface area contributed by atoms with Crippen molar-refractivity contribution in [3.63, 3.8) is 0 Å². The maximum atomic E-state index is 5.32. The second-order valence-electron chi connectivity index (χ2n) is 3.97. The minimum Gasteiger partial charge on any atom is -0.387 e. The lowest BCUT2D eigenvalue weighted by molar-refractivity contribution is 0.0359. The Kier molecular flexibility index (Phi) is 5.96. The number of nitrogens with zero attached hydrogens (tertiary/aromatic N) is 2. The number of ether oxygens (including phenoxy) is 1. The highest BCUT2D eigenvalue weighted by atomic mass is 16.5. The first-order chi connectivity index (χ1) is 7.76. The van der Waals surface area contributed by atoms with Gasteiger partial charge in [0.2, 0.25) is 0 Å². The average Bonchev–Trinajstić information content (AvgIpc) is 2.34. The van der Waals surface area contributed by atoms with E-state index in [1.54, 1.807) is 0 Å². The molecule has 0 aromatic heterocycles. The Bertz CT molecular complexity index is 234. The standard InChI is InChI=1S/C12H23N3O/c1-4-12(13-2)11-14(3)5-6-15-7-9-16-10-8-15/h4,11,13H,1,5-10H2,2-3H3/b12-11+. The first kappa shape index (κ1) is 13.1. The van der Waals surface area contributed by atoms with E-state index in [1.165, 1.54) is 0 Å². The van der Waals surface area contributed by atoms with Crippen LogP contribution in [0.2, 0.25) is 0 Å². The molecule has 0 atom stereocenters. The normalized spacial score (nSPS) is 18.2. The van der Waals surface area contributed by atoms with Crippen LogP contribution in [0, 0.1) is 0 Å². The number of morpholine rings is 1. The summed E-state index contributed by atoms with van der Waals surface area (Å²) >= 11 is 0. The first-order valence-electron chi connectivity index (χ1n) is 5.78. The quantitative estimate of drug-likeness (QED) is 0.666. The van der Waals surface area contributed by atoms with E-state index >= 15 is 0 Å². The molecule has 1 aliphatic heterocycles. The van der Waals surface area contributed by atoms with Crippen LogP contribution in [0.1, 0.15) is 0 Å². The van der Waals surface area contributed by atoms with Crippen molar-refractivity contribution in [1.82, 2.24) is 15.1 Å². The van der Waals surface area contributed by atoms with Crippen LogP contribution < -0.4 is 5.32 Å². The Hall–Kier alpha value is -1.00. The Labute approximate surface area is 98.6 Å². The molecule has 16 heavy (non-hydrogen) atoms. The van der Waals surface area contributed by atoms with Crippen LogP contribution in [0.4, 0.5) is 0 Å². The molecule has 1 heterocycles. The average molecular weight is 225 g/mol. The monoisotopic (exact) mass is 225 g/mol. The van der Waals surface area contributed by atoms with E-state index in [9.17, 15) is 0 Å². The van der Waals surface area contributed by atoms with Crippen molar-refractivity contribution in [3.05, 3.63) is 24.6 Å². The molecule has 0 saturated carbocycles. The molecule has 0 amide bonds. The zero-order valence-electron chi connectivity index (χ0n) is 10.4. The van der Waals surface area contributed by atoms with Crippen LogP contribution in [0.15, 0.2) is 24.6 Å². The van der Waals surface area contributed by atoms with E-state index in [4.69, 9.17) is 4.74 Å². The van der Waals surface area contributed by atoms with Gasteiger partial charge in [-0.1, -0.05) is 6.58 Å². The molecule has 0 aromatic carbocycles. The van der Waals surface area contributed by atoms with Gasteiger partial charge in [0.1, 0.15) is 0 Å². The van der Waals surface area contributed by atoms with Gasteiger partial charge in [0, 0.05) is 52.2 Å². The van der Waals surface area contributed by atoms with E-state index in [0.717, 1.165) is 45.1 Å². The molecule has 4 nitrogen and oxygen atoms in total. The zero-order valence-corrected chi connectivity index (χ0v) is 10.4. The summed E-state index contributed by atoms with van der Waals surface area (Å²) in [4.78, 5) is 4.61. The molecule has 0 unspecified atom stereocenters. The minimum absolute atomic E-state index is 0.869. The molecule has 0 bridgehead atoms. The van der Waals surface area contributed by atoms with Crippen molar-refractivity contribution in [2.75, 3.05) is 53.5 Å². The number of hydrogen-bond donors (Lipinski definition) is 1. The number of rotatable bonds is 6. The highest BCUT2D eigenvalue weighted by molar-refractivity contribution is 5.12. The number of likely N-dealkylation sites (N-methyl/N-ethyl adjacent to an activating group) is 2. The summed E-state index contributed by atoms with van der Waals surface area (Å²) < 4.78 is 5.32. The maximum Gasteiger partial charge on any atom is 0.0594 e. The third-order valence-electron chi connectivity index (χ3n) is 2.74. The smallest absolute Gasteiger partial charge is 0.0594 e. The minimum atomic E-state index is 0.869. The molecule has 1 saturated heterocycles. The van der Waals surface area contributed by atoms with Crippen LogP contribution >= 0.6 is 0 Å². The van der Waals surface area contributed by atoms with Crippen molar-refractivity contribution in [2.24, 2.45) is 0 Å². The first-order valence-corrected chi connectivity index (χ1v) is 5.78. The fourth-order valence-corrected chi connectivity index (χ4v) is 1.65. The van der Waals surface area contributed by atoms with E-state index in [2.05, 4.69) is 34.9 Å². The van der Waals surface area contributed by atoms with Gasteiger partial charge >= 0.3 is 0 Å². The van der Waals surface area contributed by atoms with Crippen LogP contribution in [0.25, 0.3) is 0 Å². The number of allylic oxidation sites excluding steroid dienone is 1. The van der Waals surface area contributed by atoms with Crippen LogP contribution in [-0.2, 0) is 4.74 Å². The van der Waals surface area contributed by atoms with Crippen molar-refractivity contribution in [3.8, 4) is 0 Å². The summed E-state index contributed by atoms with van der Waals surface area (Å²) in [6.45, 7) is 9.71. The van der Waals surface area contributed by atoms with Crippen LogP contribution in [0.5, 0.6) is 0 Å². The van der Waals surface area contributed by atoms with E-state index in [-0.39, 0.29) is 0 Å². The maximum absolute atomic E-state index is 5.32. The summed E-state index contributed by atoms with van der Waals surface area (Å²) in [6.07, 6.45) is 3.90. The summed E-state index contributed by atoms with van der Waals surface area (Å²) in [7, 11) is 3.99. The molecule has 0 spiro atoms. The van der Waals surface area contributed by atoms with Gasteiger partial charge < -0.3 is 15.0 Å². The lowest BCUT2D eigenvalue weighted by Gasteiger charge is -2.28. The van der Waals surface area contributed by atoms with E-state index in [1.807, 2.05) is 13.1 Å². The Morgan fingerprint density at radius 2 is 2.19 bits per heavy atom. The predicted molar refractivity (Wildman–Crippen MR) is 67.2 cm³/mol. The highest BCUT2D eigenvalue weighted by Gasteiger charge is 2.09. The van der Waals surface area contributed by atoms with Crippen molar-refractivity contribution >= 4 is 0 Å². The zero-order chi connectivity index (χ0) is 11.8. The highest BCUT2D eigenvalue weighted by Crippen LogP contribution is 1.98. The lowest BCUT2D eigenvalue weighted by atomic mass is 10.4. The fourth-order valence-electron chi connectivity index (χ4n) is 1.65. The van der Waals surface area contributed by atoms with Crippen molar-refractivity contribution in [2.45, 2.75) is 0 Å². The van der Waals surface area contributed by atoms with Gasteiger partial charge in [0.05, 0.1) is 13.2 Å². The van der Waals surface area contributed by atoms with E-state index in [0.29, 0.717) is 0 Å². The molecule has 0 radical (unpaired) electrons. The van der Waals surface area contributed by atoms with Gasteiger partial charge in [0.15, 0.2) is 0 Å². The third kappa shape index (κ3) is 4.68. The van der Waals surface area contributed by atoms with Gasteiger partial charge in [-0.25, -0.2) is 0 Å². The Morgan fingerprint density at radius 3 is 2.75 bits per heavy atom. The molecule has 1 N–H and O–H groups in total. The summed E-state index contributed by atoms with van der Waals surface area (Å²) in [6, 6.07) is 0. The SMILES string of the molecule is C=C/C(=C\N(C)CCN1CCOCC1)NC. The molecule has 1 fully saturated rings. The summed E-state index contributed by atoms with van der Waals surface area (Å²) in [5.41, 5.74) is 1.05. The molecular weight excluding hydrogens is 202 g/mol. The van der Waals surface area contributed by atoms with Gasteiger partial charge in [-0.3, -0.25) is 4.90 Å². The second-order valence-corrected chi connectivity index (χ2v) is 3.97. The molecule has 1 rings (SSSR count). The topological polar surface area (TPSA) is 27.7 Å². The predicted octanol–water partition coefficient (Wildman–Crippen LogP) is 0.497. The molecule has 0 aromatic rings. The fraction of sp³-hybridized carbons (Fsp3) is 0.667. The Morgan fingerprint density at radius 1 is 1.50 bits per heavy atom. The van der Waals surface area contributed by atoms with E-state index < -0.39 is 0 Å². The van der Waals surface area contributed by atoms with Gasteiger partial charge in [-0.05, 0) is 6.08 Å². The summed E-state index contributed by atoms with van der Waals surface area (Å²) in [5.74, 6) is 0.